The fourth-order valence-corrected chi connectivity index (χ4v) is 6.18. The zero-order valence-corrected chi connectivity index (χ0v) is 23.6. The molecule has 5 rings (SSSR count). The van der Waals surface area contributed by atoms with Crippen molar-refractivity contribution in [3.8, 4) is 11.1 Å². The molecule has 3 N–H and O–H groups in total. The first-order chi connectivity index (χ1) is 19.9. The summed E-state index contributed by atoms with van der Waals surface area (Å²) in [6.45, 7) is 3.69. The number of benzene rings is 3. The molecule has 0 bridgehead atoms. The van der Waals surface area contributed by atoms with E-state index in [1.54, 1.807) is 6.07 Å². The van der Waals surface area contributed by atoms with Gasteiger partial charge in [0.2, 0.25) is 10.0 Å². The molecule has 0 unspecified atom stereocenters. The first-order valence-electron chi connectivity index (χ1n) is 13.6. The lowest BCUT2D eigenvalue weighted by Crippen LogP contribution is -2.33. The molecule has 0 saturated carbocycles. The Balaban J connectivity index is 0.000000517. The van der Waals surface area contributed by atoms with Crippen molar-refractivity contribution in [3.05, 3.63) is 89.2 Å². The summed E-state index contributed by atoms with van der Waals surface area (Å²) in [6, 6.07) is 21.3. The number of carbonyl (C=O) groups is 1. The van der Waals surface area contributed by atoms with Crippen LogP contribution in [0, 0.1) is 5.82 Å². The van der Waals surface area contributed by atoms with Gasteiger partial charge in [0, 0.05) is 25.7 Å². The second-order valence-electron chi connectivity index (χ2n) is 10.3. The highest BCUT2D eigenvalue weighted by molar-refractivity contribution is 7.89. The Morgan fingerprint density at radius 3 is 2.05 bits per heavy atom. The lowest BCUT2D eigenvalue weighted by Gasteiger charge is -2.15. The average molecular weight is 608 g/mol. The topological polar surface area (TPSA) is 98.7 Å². The van der Waals surface area contributed by atoms with Gasteiger partial charge < -0.3 is 15.3 Å². The predicted molar refractivity (Wildman–Crippen MR) is 151 cm³/mol. The second-order valence-corrected chi connectivity index (χ2v) is 12.1. The molecule has 1 aliphatic carbocycles. The van der Waals surface area contributed by atoms with Gasteiger partial charge in [-0.25, -0.2) is 22.3 Å². The molecule has 0 amide bonds. The Morgan fingerprint density at radius 1 is 0.929 bits per heavy atom. The standard InChI is InChI=1S/C28H32FN3O2S.C2HF3O2/c29-27-19-25(11-12-28(27)35(33,34)31-13-16-32-14-3-4-15-32)22-9-7-21(8-10-22)20-30-26-17-23-5-1-2-6-24(23)18-26;3-2(4,5)1(6)7/h1-2,5-12,19,26,30-31H,3-4,13-18,20H2;(H,6,7). The summed E-state index contributed by atoms with van der Waals surface area (Å²) < 4.78 is 74.3. The van der Waals surface area contributed by atoms with Gasteiger partial charge in [0.25, 0.3) is 0 Å². The van der Waals surface area contributed by atoms with E-state index in [4.69, 9.17) is 9.90 Å². The van der Waals surface area contributed by atoms with Crippen molar-refractivity contribution in [2.75, 3.05) is 26.2 Å². The van der Waals surface area contributed by atoms with Crippen molar-refractivity contribution in [1.29, 1.82) is 0 Å². The van der Waals surface area contributed by atoms with Crippen LogP contribution in [-0.4, -0.2) is 62.8 Å². The number of halogens is 4. The molecule has 0 aromatic heterocycles. The summed E-state index contributed by atoms with van der Waals surface area (Å²) in [5, 5.41) is 10.8. The molecule has 42 heavy (non-hydrogen) atoms. The average Bonchev–Trinajstić information content (AvgIpc) is 3.61. The number of aliphatic carboxylic acids is 1. The summed E-state index contributed by atoms with van der Waals surface area (Å²) in [5.74, 6) is -3.49. The molecule has 12 heteroatoms. The van der Waals surface area contributed by atoms with Crippen LogP contribution in [0.2, 0.25) is 0 Å². The molecular formula is C30H33F4N3O4S. The number of hydrogen-bond acceptors (Lipinski definition) is 5. The van der Waals surface area contributed by atoms with Crippen LogP contribution in [0.5, 0.6) is 0 Å². The zero-order valence-electron chi connectivity index (χ0n) is 22.8. The molecule has 226 valence electrons. The van der Waals surface area contributed by atoms with Gasteiger partial charge in [-0.05, 0) is 78.7 Å². The van der Waals surface area contributed by atoms with E-state index >= 15 is 0 Å². The third kappa shape index (κ3) is 8.60. The number of hydrogen-bond donors (Lipinski definition) is 3. The maximum atomic E-state index is 14.8. The van der Waals surface area contributed by atoms with Crippen molar-refractivity contribution in [2.45, 2.75) is 49.3 Å². The molecule has 1 aliphatic heterocycles. The Morgan fingerprint density at radius 2 is 1.50 bits per heavy atom. The molecule has 2 aliphatic rings. The largest absolute Gasteiger partial charge is 0.490 e. The quantitative estimate of drug-likeness (QED) is 0.304. The van der Waals surface area contributed by atoms with E-state index in [9.17, 15) is 26.0 Å². The van der Waals surface area contributed by atoms with Gasteiger partial charge >= 0.3 is 12.1 Å². The van der Waals surface area contributed by atoms with Crippen molar-refractivity contribution >= 4 is 16.0 Å². The van der Waals surface area contributed by atoms with E-state index in [1.165, 1.54) is 23.3 Å². The second kappa shape index (κ2) is 13.8. The van der Waals surface area contributed by atoms with Gasteiger partial charge in [-0.3, -0.25) is 0 Å². The van der Waals surface area contributed by atoms with Crippen LogP contribution in [-0.2, 0) is 34.2 Å². The maximum Gasteiger partial charge on any atom is 0.490 e. The first-order valence-corrected chi connectivity index (χ1v) is 15.1. The van der Waals surface area contributed by atoms with Crippen molar-refractivity contribution in [3.63, 3.8) is 0 Å². The van der Waals surface area contributed by atoms with Gasteiger partial charge in [-0.15, -0.1) is 0 Å². The highest BCUT2D eigenvalue weighted by atomic mass is 32.2. The summed E-state index contributed by atoms with van der Waals surface area (Å²) in [4.78, 5) is 10.8. The van der Waals surface area contributed by atoms with Gasteiger partial charge in [0.1, 0.15) is 10.7 Å². The molecule has 1 saturated heterocycles. The van der Waals surface area contributed by atoms with Crippen LogP contribution in [0.15, 0.2) is 71.6 Å². The van der Waals surface area contributed by atoms with Crippen LogP contribution < -0.4 is 10.0 Å². The minimum absolute atomic E-state index is 0.284. The van der Waals surface area contributed by atoms with Crippen molar-refractivity contribution in [1.82, 2.24) is 14.9 Å². The maximum absolute atomic E-state index is 14.8. The third-order valence-electron chi connectivity index (χ3n) is 7.32. The highest BCUT2D eigenvalue weighted by Crippen LogP contribution is 2.25. The Kier molecular flexibility index (Phi) is 10.4. The van der Waals surface area contributed by atoms with Crippen LogP contribution in [0.3, 0.4) is 0 Å². The minimum Gasteiger partial charge on any atom is -0.475 e. The predicted octanol–water partition coefficient (Wildman–Crippen LogP) is 4.76. The molecule has 3 aromatic carbocycles. The number of sulfonamides is 1. The number of fused-ring (bicyclic) bond motifs is 1. The van der Waals surface area contributed by atoms with E-state index < -0.39 is 28.0 Å². The molecule has 1 heterocycles. The lowest BCUT2D eigenvalue weighted by molar-refractivity contribution is -0.192. The number of carboxylic acid groups (broad SMARTS) is 1. The first kappa shape index (κ1) is 31.6. The summed E-state index contributed by atoms with van der Waals surface area (Å²) in [5.41, 5.74) is 5.52. The van der Waals surface area contributed by atoms with E-state index in [0.29, 0.717) is 18.2 Å². The Hall–Kier alpha value is -3.32. The number of likely N-dealkylation sites (tertiary alicyclic amines) is 1. The van der Waals surface area contributed by atoms with Crippen molar-refractivity contribution in [2.24, 2.45) is 0 Å². The SMILES string of the molecule is O=C(O)C(F)(F)F.O=S(=O)(NCCN1CCCC1)c1ccc(-c2ccc(CNC3Cc4ccccc4C3)cc2)cc1F. The molecule has 1 fully saturated rings. The van der Waals surface area contributed by atoms with E-state index in [0.717, 1.165) is 56.4 Å². The summed E-state index contributed by atoms with van der Waals surface area (Å²) >= 11 is 0. The Labute approximate surface area is 242 Å². The number of rotatable bonds is 9. The molecule has 0 radical (unpaired) electrons. The number of carboxylic acids is 1. The van der Waals surface area contributed by atoms with Crippen LogP contribution in [0.1, 0.15) is 29.5 Å². The lowest BCUT2D eigenvalue weighted by atomic mass is 10.0. The smallest absolute Gasteiger partial charge is 0.475 e. The van der Waals surface area contributed by atoms with Crippen LogP contribution in [0.4, 0.5) is 17.6 Å². The van der Waals surface area contributed by atoms with Gasteiger partial charge in [0.15, 0.2) is 0 Å². The third-order valence-corrected chi connectivity index (χ3v) is 8.81. The van der Waals surface area contributed by atoms with E-state index in [-0.39, 0.29) is 11.4 Å². The monoisotopic (exact) mass is 607 g/mol. The fraction of sp³-hybridized carbons (Fsp3) is 0.367. The summed E-state index contributed by atoms with van der Waals surface area (Å²) in [7, 11) is -3.88. The number of nitrogens with zero attached hydrogens (tertiary/aromatic N) is 1. The molecular weight excluding hydrogens is 574 g/mol. The number of alkyl halides is 3. The van der Waals surface area contributed by atoms with Gasteiger partial charge in [0.05, 0.1) is 0 Å². The number of nitrogens with one attached hydrogen (secondary N) is 2. The van der Waals surface area contributed by atoms with Crippen molar-refractivity contribution < 1.29 is 35.9 Å². The molecule has 7 nitrogen and oxygen atoms in total. The highest BCUT2D eigenvalue weighted by Gasteiger charge is 2.38. The molecule has 3 aromatic rings. The Bertz CT molecular complexity index is 1450. The summed E-state index contributed by atoms with van der Waals surface area (Å²) in [6.07, 6.45) is -0.683. The van der Waals surface area contributed by atoms with Crippen LogP contribution in [0.25, 0.3) is 11.1 Å². The van der Waals surface area contributed by atoms with Gasteiger partial charge in [-0.1, -0.05) is 54.6 Å². The molecule has 0 spiro atoms. The van der Waals surface area contributed by atoms with Crippen LogP contribution >= 0.6 is 0 Å². The minimum atomic E-state index is -5.08. The zero-order chi connectivity index (χ0) is 30.3. The normalized spacial score (nSPS) is 15.7. The van der Waals surface area contributed by atoms with E-state index in [1.807, 2.05) is 24.3 Å². The molecule has 0 atom stereocenters. The fourth-order valence-electron chi connectivity index (χ4n) is 5.10. The van der Waals surface area contributed by atoms with E-state index in [2.05, 4.69) is 39.2 Å². The van der Waals surface area contributed by atoms with Gasteiger partial charge in [-0.2, -0.15) is 13.2 Å².